The zero-order chi connectivity index (χ0) is 81.2. The van der Waals surface area contributed by atoms with E-state index in [4.69, 9.17) is 18.9 Å². The number of hydrogen-bond acceptors (Lipinski definition) is 5. The van der Waals surface area contributed by atoms with Crippen LogP contribution in [0.2, 0.25) is 0 Å². The van der Waals surface area contributed by atoms with E-state index in [1.165, 1.54) is 165 Å². The molecule has 0 saturated carbocycles. The van der Waals surface area contributed by atoms with Crippen LogP contribution < -0.4 is 18.9 Å². The summed E-state index contributed by atoms with van der Waals surface area (Å²) in [6, 6.07) is 83.7. The number of nitrogens with zero attached hydrogens (tertiary/aromatic N) is 1. The Morgan fingerprint density at radius 3 is 1.32 bits per heavy atom. The van der Waals surface area contributed by atoms with Gasteiger partial charge in [-0.3, -0.25) is 4.98 Å². The fourth-order valence-electron chi connectivity index (χ4n) is 24.6. The van der Waals surface area contributed by atoms with Crippen LogP contribution in [0.15, 0.2) is 283 Å². The molecule has 0 radical (unpaired) electrons. The molecule has 13 aliphatic rings. The van der Waals surface area contributed by atoms with Crippen LogP contribution in [-0.4, -0.2) is 23.3 Å². The van der Waals surface area contributed by atoms with E-state index in [2.05, 4.69) is 385 Å². The fraction of sp³-hybridized carbons (Fsp3) is 0.226. The highest BCUT2D eigenvalue weighted by atomic mass is 16.5. The maximum Gasteiger partial charge on any atom is 0.142 e. The lowest BCUT2D eigenvalue weighted by molar-refractivity contribution is 0.178. The molecule has 0 saturated heterocycles. The van der Waals surface area contributed by atoms with Gasteiger partial charge in [0.2, 0.25) is 0 Å². The van der Waals surface area contributed by atoms with E-state index in [0.717, 1.165) is 34.4 Å². The normalized spacial score (nSPS) is 23.4. The van der Waals surface area contributed by atoms with E-state index < -0.39 is 0 Å². The molecule has 9 aliphatic carbocycles. The molecular weight excluding hydrogens is 1460 g/mol. The first-order valence-corrected chi connectivity index (χ1v) is 43.4. The van der Waals surface area contributed by atoms with Crippen LogP contribution >= 0.6 is 0 Å². The summed E-state index contributed by atoms with van der Waals surface area (Å²) in [5, 5.41) is 13.3. The first-order valence-electron chi connectivity index (χ1n) is 43.4. The van der Waals surface area contributed by atoms with Gasteiger partial charge in [0.25, 0.3) is 0 Å². The zero-order valence-electron chi connectivity index (χ0n) is 70.1. The maximum atomic E-state index is 6.80. The Bertz CT molecular complexity index is 7230. The minimum atomic E-state index is -0.142. The highest BCUT2D eigenvalue weighted by Gasteiger charge is 2.54. The maximum absolute atomic E-state index is 6.80. The summed E-state index contributed by atoms with van der Waals surface area (Å²) in [6.45, 7) is 28.3. The summed E-state index contributed by atoms with van der Waals surface area (Å²) in [6.07, 6.45) is 30.4. The lowest BCUT2D eigenvalue weighted by Crippen LogP contribution is -2.47. The third kappa shape index (κ3) is 9.86. The Hall–Kier alpha value is -12.6. The molecule has 1 aromatic heterocycles. The zero-order valence-corrected chi connectivity index (χ0v) is 70.1. The van der Waals surface area contributed by atoms with Crippen molar-refractivity contribution in [1.29, 1.82) is 0 Å². The number of para-hydroxylation sites is 2. The van der Waals surface area contributed by atoms with Crippen LogP contribution in [0.4, 0.5) is 0 Å². The van der Waals surface area contributed by atoms with Crippen molar-refractivity contribution in [3.63, 3.8) is 0 Å². The van der Waals surface area contributed by atoms with Crippen LogP contribution in [0.1, 0.15) is 213 Å². The van der Waals surface area contributed by atoms with Crippen molar-refractivity contribution in [3.8, 4) is 28.7 Å². The van der Waals surface area contributed by atoms with Crippen LogP contribution in [0.25, 0.3) is 102 Å². The number of allylic oxidation sites excluding steroid dienone is 2. The van der Waals surface area contributed by atoms with E-state index in [1.54, 1.807) is 11.1 Å². The van der Waals surface area contributed by atoms with E-state index in [-0.39, 0.29) is 68.6 Å². The van der Waals surface area contributed by atoms with Crippen molar-refractivity contribution in [3.05, 3.63) is 389 Å². The van der Waals surface area contributed by atoms with Crippen molar-refractivity contribution in [2.45, 2.75) is 158 Å². The van der Waals surface area contributed by atoms with Crippen molar-refractivity contribution in [2.24, 2.45) is 5.92 Å². The largest absolute Gasteiger partial charge is 0.485 e. The van der Waals surface area contributed by atoms with Gasteiger partial charge in [0, 0.05) is 90.5 Å². The molecule has 5 nitrogen and oxygen atoms in total. The van der Waals surface area contributed by atoms with Gasteiger partial charge in [0.1, 0.15) is 47.1 Å². The first kappa shape index (κ1) is 71.5. The predicted octanol–water partition coefficient (Wildman–Crippen LogP) is 28.5. The Labute approximate surface area is 703 Å². The molecule has 584 valence electrons. The molecule has 5 heteroatoms. The van der Waals surface area contributed by atoms with Gasteiger partial charge in [-0.2, -0.15) is 0 Å². The SMILES string of the molecule is CC1(C)C2=Cc3ccc4c5c(cc6c4c3C(C=C6)C2Oc2ccccc21)C(C)(C)c1ccccc1O5.CC1(C)C2=Cc3ccc4cccc5c4c3C(C=C5)C2C(C)(C)c2ccccc21.CC1(C)C2=Cc3ccc4cccc5c4c3C(C=C5)C2Oc2ccc3ccccc3c21.CC1(C)C2=Cc3ccc4cccc5c4c3C(C=C5)C2Oc2cccnc21. The minimum absolute atomic E-state index is 0.00785. The topological polar surface area (TPSA) is 49.8 Å². The molecule has 14 aromatic rings. The van der Waals surface area contributed by atoms with Crippen molar-refractivity contribution in [1.82, 2.24) is 4.98 Å². The molecule has 8 atom stereocenters. The lowest BCUT2D eigenvalue weighted by Gasteiger charge is -2.54. The second kappa shape index (κ2) is 25.0. The number of fused-ring (bicyclic) bond motifs is 17. The Morgan fingerprint density at radius 1 is 0.283 bits per heavy atom. The molecular formula is C115H95NO4. The smallest absolute Gasteiger partial charge is 0.142 e. The van der Waals surface area contributed by atoms with E-state index in [0.29, 0.717) is 11.8 Å². The third-order valence-electron chi connectivity index (χ3n) is 30.5. The standard InChI is InChI=1S/C34H28O2.C29H22O.C28H26.C24H19NO/c1-33(2)23-9-5-7-11-27(23)35-31-21-15-14-20-18-26-32(36-28-12-8-6-10-24(28)34(26,3)4)22-16-13-19(17-25(31)33)29(21)30(20)22;1-29(2)23-16-20-11-10-18-7-5-8-19-12-14-22(26(20)25(18)19)28(23)30-24-15-13-17-6-3-4-9-21(17)27(24)29;1-27(2)21-10-5-6-11-22(21)28(3,4)26-20-15-14-18-9-7-8-17-12-13-19(16-23(26)27)25(20)24(17)18;1-24(2)18-13-16-9-8-14-5-3-6-15-10-11-17(21(16)20(14)15)22(18)26-19-7-4-12-25-23(19)24/h5-18,21,31H,1-4H3;3-16,22,28H,1-2H3;5-16,20,26H,1-4H3;3-13,17,22H,1-2H3. The van der Waals surface area contributed by atoms with E-state index >= 15 is 0 Å². The fourth-order valence-corrected chi connectivity index (χ4v) is 24.6. The van der Waals surface area contributed by atoms with Crippen LogP contribution in [0.5, 0.6) is 28.7 Å². The number of hydrogen-bond donors (Lipinski definition) is 0. The summed E-state index contributed by atoms with van der Waals surface area (Å²) >= 11 is 0. The highest BCUT2D eigenvalue weighted by molar-refractivity contribution is 6.06. The number of benzene rings is 13. The Morgan fingerprint density at radius 2 is 0.717 bits per heavy atom. The predicted molar refractivity (Wildman–Crippen MR) is 496 cm³/mol. The van der Waals surface area contributed by atoms with Gasteiger partial charge < -0.3 is 18.9 Å². The number of rotatable bonds is 0. The Balaban J connectivity index is 0.0000000915. The number of aromatic nitrogens is 1. The minimum Gasteiger partial charge on any atom is -0.485 e. The molecule has 0 N–H and O–H groups in total. The average Bonchev–Trinajstić information content (AvgIpc) is 0.710. The van der Waals surface area contributed by atoms with Crippen molar-refractivity contribution in [2.75, 3.05) is 0 Å². The lowest BCUT2D eigenvalue weighted by atomic mass is 9.49. The molecule has 27 rings (SSSR count). The van der Waals surface area contributed by atoms with Gasteiger partial charge >= 0.3 is 0 Å². The van der Waals surface area contributed by atoms with Gasteiger partial charge in [0.05, 0.1) is 5.69 Å². The van der Waals surface area contributed by atoms with Gasteiger partial charge in [-0.1, -0.05) is 350 Å². The van der Waals surface area contributed by atoms with E-state index in [9.17, 15) is 0 Å². The molecule has 13 aromatic carbocycles. The van der Waals surface area contributed by atoms with Crippen molar-refractivity contribution >= 4 is 102 Å². The van der Waals surface area contributed by atoms with Gasteiger partial charge in [-0.05, 0) is 191 Å². The first-order chi connectivity index (χ1) is 58.0. The second-order valence-electron chi connectivity index (χ2n) is 38.9. The number of ether oxygens (including phenoxy) is 4. The molecule has 0 fully saturated rings. The molecule has 4 aliphatic heterocycles. The quantitative estimate of drug-likeness (QED) is 0.151. The summed E-state index contributed by atoms with van der Waals surface area (Å²) < 4.78 is 26.7. The monoisotopic (exact) mass is 1550 g/mol. The molecule has 0 amide bonds. The summed E-state index contributed by atoms with van der Waals surface area (Å²) in [5.41, 5.74) is 30.9. The molecule has 0 bridgehead atoms. The van der Waals surface area contributed by atoms with Crippen LogP contribution in [0, 0.1) is 5.92 Å². The van der Waals surface area contributed by atoms with Gasteiger partial charge in [-0.15, -0.1) is 0 Å². The average molecular weight is 1560 g/mol. The van der Waals surface area contributed by atoms with E-state index in [1.807, 2.05) is 12.3 Å². The van der Waals surface area contributed by atoms with Gasteiger partial charge in [-0.25, -0.2) is 0 Å². The summed E-state index contributed by atoms with van der Waals surface area (Å²) in [4.78, 5) is 4.65. The Kier molecular flexibility index (Phi) is 14.9. The van der Waals surface area contributed by atoms with Crippen molar-refractivity contribution < 1.29 is 18.9 Å². The summed E-state index contributed by atoms with van der Waals surface area (Å²) in [7, 11) is 0. The molecule has 8 unspecified atom stereocenters. The second-order valence-corrected chi connectivity index (χ2v) is 38.9. The van der Waals surface area contributed by atoms with Crippen LogP contribution in [0.3, 0.4) is 0 Å². The number of pyridine rings is 1. The molecule has 0 spiro atoms. The molecule has 5 heterocycles. The highest BCUT2D eigenvalue weighted by Crippen LogP contribution is 2.64. The third-order valence-corrected chi connectivity index (χ3v) is 30.5. The van der Waals surface area contributed by atoms with Crippen LogP contribution in [-0.2, 0) is 32.5 Å². The van der Waals surface area contributed by atoms with Gasteiger partial charge in [0.15, 0.2) is 0 Å². The molecule has 120 heavy (non-hydrogen) atoms. The summed E-state index contributed by atoms with van der Waals surface area (Å²) in [5.74, 6) is 6.51.